The van der Waals surface area contributed by atoms with Crippen LogP contribution in [0.25, 0.3) is 0 Å². The topological polar surface area (TPSA) is 116 Å². The predicted octanol–water partition coefficient (Wildman–Crippen LogP) is 2.13. The lowest BCUT2D eigenvalue weighted by molar-refractivity contribution is -0.150. The van der Waals surface area contributed by atoms with Gasteiger partial charge in [0.15, 0.2) is 5.78 Å². The Kier molecular flexibility index (Phi) is 6.51. The molecule has 0 unspecified atom stereocenters. The second-order valence-electron chi connectivity index (χ2n) is 6.14. The number of hydrogen-bond donors (Lipinski definition) is 2. The number of benzene rings is 2. The van der Waals surface area contributed by atoms with Gasteiger partial charge in [0.25, 0.3) is 0 Å². The van der Waals surface area contributed by atoms with Crippen LogP contribution in [0.1, 0.15) is 35.3 Å². The molecule has 7 nitrogen and oxygen atoms in total. The van der Waals surface area contributed by atoms with E-state index in [0.717, 1.165) is 0 Å². The Hall–Kier alpha value is -3.66. The first kappa shape index (κ1) is 20.6. The van der Waals surface area contributed by atoms with Crippen molar-refractivity contribution in [1.29, 1.82) is 5.26 Å². The highest BCUT2D eigenvalue weighted by Gasteiger charge is 2.41. The van der Waals surface area contributed by atoms with Gasteiger partial charge in [-0.05, 0) is 24.6 Å². The van der Waals surface area contributed by atoms with Gasteiger partial charge in [0.1, 0.15) is 11.8 Å². The fourth-order valence-electron chi connectivity index (χ4n) is 2.74. The number of amides is 1. The summed E-state index contributed by atoms with van der Waals surface area (Å²) in [5, 5.41) is 21.8. The molecule has 0 saturated heterocycles. The molecule has 0 saturated carbocycles. The number of rotatable bonds is 7. The average Bonchev–Trinajstić information content (AvgIpc) is 2.67. The van der Waals surface area contributed by atoms with Gasteiger partial charge in [-0.15, -0.1) is 0 Å². The molecule has 0 fully saturated rings. The Bertz CT molecular complexity index is 931. The number of nitriles is 1. The molecule has 0 radical (unpaired) electrons. The molecular weight excluding hydrogens is 360 g/mol. The fourth-order valence-corrected chi connectivity index (χ4v) is 2.74. The monoisotopic (exact) mass is 380 g/mol. The van der Waals surface area contributed by atoms with E-state index in [-0.39, 0.29) is 30.1 Å². The van der Waals surface area contributed by atoms with Gasteiger partial charge in [0, 0.05) is 18.9 Å². The van der Waals surface area contributed by atoms with Crippen molar-refractivity contribution >= 4 is 17.7 Å². The quantitative estimate of drug-likeness (QED) is 0.561. The molecule has 1 atom stereocenters. The molecule has 2 rings (SSSR count). The van der Waals surface area contributed by atoms with Gasteiger partial charge in [0.2, 0.25) is 11.4 Å². The van der Waals surface area contributed by atoms with Crippen LogP contribution in [0.15, 0.2) is 48.5 Å². The molecule has 0 bridgehead atoms. The van der Waals surface area contributed by atoms with Gasteiger partial charge in [0.05, 0.1) is 12.2 Å². The molecule has 2 aromatic rings. The van der Waals surface area contributed by atoms with Crippen molar-refractivity contribution in [2.75, 3.05) is 6.61 Å². The number of nitrogens with one attached hydrogen (secondary N) is 1. The number of carbonyl (C=O) groups is 3. The van der Waals surface area contributed by atoms with Crippen LogP contribution in [0, 0.1) is 11.3 Å². The summed E-state index contributed by atoms with van der Waals surface area (Å²) in [6.07, 6.45) is -0.118. The summed E-state index contributed by atoms with van der Waals surface area (Å²) in [5.74, 6) is -1.86. The molecule has 0 aliphatic rings. The first-order valence-electron chi connectivity index (χ1n) is 8.62. The van der Waals surface area contributed by atoms with Crippen LogP contribution >= 0.6 is 0 Å². The predicted molar refractivity (Wildman–Crippen MR) is 100 cm³/mol. The molecule has 2 N–H and O–H groups in total. The number of ketones is 1. The van der Waals surface area contributed by atoms with E-state index in [0.29, 0.717) is 11.1 Å². The van der Waals surface area contributed by atoms with Crippen LogP contribution in [0.2, 0.25) is 0 Å². The summed E-state index contributed by atoms with van der Waals surface area (Å²) < 4.78 is 4.95. The van der Waals surface area contributed by atoms with Gasteiger partial charge in [-0.25, -0.2) is 4.79 Å². The lowest BCUT2D eigenvalue weighted by Crippen LogP contribution is -2.55. The standard InChI is InChI=1S/C21H20N2O5/c1-3-28-20(27)21(13-22,23-14(2)24)12-15-8-10-16(11-9-15)19(26)17-6-4-5-7-18(17)25/h4-11,25H,3,12H2,1-2H3,(H,23,24)/t21-/m0/s1. The molecule has 2 aromatic carbocycles. The minimum Gasteiger partial charge on any atom is -0.507 e. The second kappa shape index (κ2) is 8.82. The number of para-hydroxylation sites is 1. The van der Waals surface area contributed by atoms with E-state index >= 15 is 0 Å². The molecule has 0 aromatic heterocycles. The first-order valence-corrected chi connectivity index (χ1v) is 8.62. The van der Waals surface area contributed by atoms with E-state index in [1.807, 2.05) is 6.07 Å². The smallest absolute Gasteiger partial charge is 0.347 e. The zero-order chi connectivity index (χ0) is 20.7. The van der Waals surface area contributed by atoms with E-state index in [1.54, 1.807) is 31.2 Å². The molecule has 0 aliphatic heterocycles. The third kappa shape index (κ3) is 4.54. The Morgan fingerprint density at radius 2 is 1.79 bits per heavy atom. The maximum Gasteiger partial charge on any atom is 0.347 e. The van der Waals surface area contributed by atoms with Crippen molar-refractivity contribution in [3.05, 3.63) is 65.2 Å². The summed E-state index contributed by atoms with van der Waals surface area (Å²) in [5.41, 5.74) is -0.794. The number of aromatic hydroxyl groups is 1. The van der Waals surface area contributed by atoms with Gasteiger partial charge < -0.3 is 15.2 Å². The highest BCUT2D eigenvalue weighted by Crippen LogP contribution is 2.21. The van der Waals surface area contributed by atoms with E-state index in [4.69, 9.17) is 4.74 Å². The number of nitrogens with zero attached hydrogens (tertiary/aromatic N) is 1. The minimum absolute atomic E-state index is 0.0653. The van der Waals surface area contributed by atoms with E-state index in [2.05, 4.69) is 5.32 Å². The molecule has 0 heterocycles. The molecule has 7 heteroatoms. The van der Waals surface area contributed by atoms with E-state index in [1.165, 1.54) is 31.2 Å². The maximum absolute atomic E-state index is 12.5. The summed E-state index contributed by atoms with van der Waals surface area (Å²) in [6, 6.07) is 14.3. The largest absolute Gasteiger partial charge is 0.507 e. The Balaban J connectivity index is 2.29. The maximum atomic E-state index is 12.5. The van der Waals surface area contributed by atoms with E-state index in [9.17, 15) is 24.8 Å². The minimum atomic E-state index is -1.86. The molecule has 0 spiro atoms. The second-order valence-corrected chi connectivity index (χ2v) is 6.14. The fraction of sp³-hybridized carbons (Fsp3) is 0.238. The van der Waals surface area contributed by atoms with Crippen LogP contribution in [-0.2, 0) is 20.7 Å². The first-order chi connectivity index (χ1) is 13.3. The van der Waals surface area contributed by atoms with Crippen molar-refractivity contribution in [2.45, 2.75) is 25.8 Å². The van der Waals surface area contributed by atoms with Crippen LogP contribution < -0.4 is 5.32 Å². The van der Waals surface area contributed by atoms with E-state index < -0.39 is 17.4 Å². The summed E-state index contributed by atoms with van der Waals surface area (Å²) >= 11 is 0. The van der Waals surface area contributed by atoms with Crippen LogP contribution in [0.3, 0.4) is 0 Å². The van der Waals surface area contributed by atoms with Crippen LogP contribution in [0.5, 0.6) is 5.75 Å². The number of phenolic OH excluding ortho intramolecular Hbond substituents is 1. The number of carbonyl (C=O) groups excluding carboxylic acids is 3. The third-order valence-corrected chi connectivity index (χ3v) is 4.04. The SMILES string of the molecule is CCOC(=O)[C@@](C#N)(Cc1ccc(C(=O)c2ccccc2O)cc1)NC(C)=O. The van der Waals surface area contributed by atoms with Gasteiger partial charge in [-0.2, -0.15) is 5.26 Å². The molecule has 0 aliphatic carbocycles. The Morgan fingerprint density at radius 1 is 1.14 bits per heavy atom. The molecule has 144 valence electrons. The van der Waals surface area contributed by atoms with Crippen molar-refractivity contribution in [3.8, 4) is 11.8 Å². The summed E-state index contributed by atoms with van der Waals surface area (Å²) in [6.45, 7) is 2.88. The van der Waals surface area contributed by atoms with Gasteiger partial charge in [-0.3, -0.25) is 9.59 Å². The number of ether oxygens (including phenoxy) is 1. The lowest BCUT2D eigenvalue weighted by atomic mass is 9.91. The zero-order valence-electron chi connectivity index (χ0n) is 15.6. The summed E-state index contributed by atoms with van der Waals surface area (Å²) in [4.78, 5) is 36.3. The van der Waals surface area contributed by atoms with Crippen LogP contribution in [0.4, 0.5) is 0 Å². The third-order valence-electron chi connectivity index (χ3n) is 4.04. The normalized spacial score (nSPS) is 12.3. The Labute approximate surface area is 162 Å². The lowest BCUT2D eigenvalue weighted by Gasteiger charge is -2.25. The van der Waals surface area contributed by atoms with Crippen molar-refractivity contribution in [3.63, 3.8) is 0 Å². The Morgan fingerprint density at radius 3 is 2.32 bits per heavy atom. The number of hydrogen-bond acceptors (Lipinski definition) is 6. The average molecular weight is 380 g/mol. The molecular formula is C21H20N2O5. The number of phenols is 1. The van der Waals surface area contributed by atoms with Gasteiger partial charge >= 0.3 is 5.97 Å². The van der Waals surface area contributed by atoms with Crippen molar-refractivity contribution in [1.82, 2.24) is 5.32 Å². The highest BCUT2D eigenvalue weighted by atomic mass is 16.5. The number of esters is 1. The van der Waals surface area contributed by atoms with Crippen molar-refractivity contribution < 1.29 is 24.2 Å². The zero-order valence-corrected chi connectivity index (χ0v) is 15.6. The molecule has 28 heavy (non-hydrogen) atoms. The molecule has 1 amide bonds. The summed E-state index contributed by atoms with van der Waals surface area (Å²) in [7, 11) is 0. The van der Waals surface area contributed by atoms with Gasteiger partial charge in [-0.1, -0.05) is 36.4 Å². The van der Waals surface area contributed by atoms with Crippen LogP contribution in [-0.4, -0.2) is 34.9 Å². The highest BCUT2D eigenvalue weighted by molar-refractivity contribution is 6.10. The van der Waals surface area contributed by atoms with Crippen molar-refractivity contribution in [2.24, 2.45) is 0 Å².